The highest BCUT2D eigenvalue weighted by Gasteiger charge is 2.39. The fourth-order valence-electron chi connectivity index (χ4n) is 5.15. The van der Waals surface area contributed by atoms with Gasteiger partial charge in [-0.1, -0.05) is 38.5 Å². The summed E-state index contributed by atoms with van der Waals surface area (Å²) in [7, 11) is 0. The Balaban J connectivity index is 1.50. The van der Waals surface area contributed by atoms with E-state index in [0.717, 1.165) is 23.9 Å². The molecule has 2 heteroatoms. The lowest BCUT2D eigenvalue weighted by atomic mass is 9.88. The summed E-state index contributed by atoms with van der Waals surface area (Å²) in [5.74, 6) is 2.03. The van der Waals surface area contributed by atoms with Crippen LogP contribution in [0.5, 0.6) is 0 Å². The number of quaternary nitrogens is 1. The van der Waals surface area contributed by atoms with E-state index in [4.69, 9.17) is 0 Å². The van der Waals surface area contributed by atoms with Crippen LogP contribution in [-0.4, -0.2) is 36.7 Å². The van der Waals surface area contributed by atoms with E-state index in [1.165, 1.54) is 84.0 Å². The zero-order valence-corrected chi connectivity index (χ0v) is 14.4. The molecule has 3 rings (SSSR count). The number of nitrogens with zero attached hydrogens (tertiary/aromatic N) is 1. The summed E-state index contributed by atoms with van der Waals surface area (Å²) in [6.07, 6.45) is 14.9. The molecule has 3 unspecified atom stereocenters. The highest BCUT2D eigenvalue weighted by Crippen LogP contribution is 2.26. The van der Waals surface area contributed by atoms with Crippen LogP contribution in [0.25, 0.3) is 0 Å². The van der Waals surface area contributed by atoms with Crippen molar-refractivity contribution in [3.05, 3.63) is 0 Å². The van der Waals surface area contributed by atoms with Gasteiger partial charge in [0.1, 0.15) is 12.7 Å². The van der Waals surface area contributed by atoms with E-state index < -0.39 is 0 Å². The second-order valence-electron chi connectivity index (χ2n) is 8.33. The van der Waals surface area contributed by atoms with Crippen molar-refractivity contribution in [2.75, 3.05) is 19.8 Å². The monoisotopic (exact) mass is 293 g/mol. The molecule has 0 bridgehead atoms. The summed E-state index contributed by atoms with van der Waals surface area (Å²) in [4.78, 5) is 4.73. The van der Waals surface area contributed by atoms with Crippen molar-refractivity contribution in [2.45, 2.75) is 90.1 Å². The first-order valence-corrected chi connectivity index (χ1v) is 9.82. The van der Waals surface area contributed by atoms with Crippen molar-refractivity contribution < 1.29 is 4.90 Å². The molecule has 1 aliphatic heterocycles. The highest BCUT2D eigenvalue weighted by molar-refractivity contribution is 4.79. The van der Waals surface area contributed by atoms with Crippen LogP contribution in [0.3, 0.4) is 0 Å². The molecule has 3 atom stereocenters. The molecule has 3 aliphatic rings. The smallest absolute Gasteiger partial charge is 0.134 e. The molecule has 0 amide bonds. The summed E-state index contributed by atoms with van der Waals surface area (Å²) in [6.45, 7) is 9.16. The average Bonchev–Trinajstić information content (AvgIpc) is 2.78. The summed E-state index contributed by atoms with van der Waals surface area (Å²) in [6, 6.07) is 1.64. The van der Waals surface area contributed by atoms with Crippen molar-refractivity contribution in [2.24, 2.45) is 11.8 Å². The molecule has 0 radical (unpaired) electrons. The second kappa shape index (κ2) is 7.46. The van der Waals surface area contributed by atoms with Gasteiger partial charge in [-0.25, -0.2) is 4.90 Å². The molecule has 122 valence electrons. The van der Waals surface area contributed by atoms with Gasteiger partial charge in [0.2, 0.25) is 0 Å². The van der Waals surface area contributed by atoms with E-state index in [2.05, 4.69) is 18.7 Å². The number of nitrogens with one attached hydrogen (secondary N) is 1. The Kier molecular flexibility index (Phi) is 5.61. The zero-order valence-electron chi connectivity index (χ0n) is 14.4. The molecule has 1 saturated heterocycles. The third-order valence-corrected chi connectivity index (χ3v) is 6.84. The van der Waals surface area contributed by atoms with Crippen LogP contribution < -0.4 is 4.90 Å². The van der Waals surface area contributed by atoms with Gasteiger partial charge in [0.05, 0.1) is 12.6 Å². The first-order chi connectivity index (χ1) is 10.2. The van der Waals surface area contributed by atoms with Crippen LogP contribution in [0.1, 0.15) is 78.1 Å². The topological polar surface area (TPSA) is 7.68 Å². The molecule has 2 nitrogen and oxygen atoms in total. The number of hydrogen-bond donors (Lipinski definition) is 1. The number of rotatable bonds is 4. The van der Waals surface area contributed by atoms with E-state index in [9.17, 15) is 0 Å². The van der Waals surface area contributed by atoms with E-state index in [1.54, 1.807) is 0 Å². The lowest BCUT2D eigenvalue weighted by molar-refractivity contribution is -0.918. The molecular formula is C19H37N2+. The van der Waals surface area contributed by atoms with Gasteiger partial charge in [0, 0.05) is 12.5 Å². The summed E-state index contributed by atoms with van der Waals surface area (Å²) in [5, 5.41) is 0. The number of hydrogen-bond acceptors (Lipinski definition) is 1. The van der Waals surface area contributed by atoms with Crippen LogP contribution in [0.4, 0.5) is 0 Å². The fraction of sp³-hybridized carbons (Fsp3) is 1.00. The lowest BCUT2D eigenvalue weighted by Crippen LogP contribution is -3.14. The molecule has 1 N–H and O–H groups in total. The van der Waals surface area contributed by atoms with Gasteiger partial charge in [-0.2, -0.15) is 0 Å². The van der Waals surface area contributed by atoms with Gasteiger partial charge in [-0.15, -0.1) is 0 Å². The van der Waals surface area contributed by atoms with E-state index in [0.29, 0.717) is 0 Å². The fourth-order valence-corrected chi connectivity index (χ4v) is 5.15. The lowest BCUT2D eigenvalue weighted by Gasteiger charge is -2.28. The molecule has 1 heterocycles. The second-order valence-corrected chi connectivity index (χ2v) is 8.33. The Morgan fingerprint density at radius 1 is 0.810 bits per heavy atom. The van der Waals surface area contributed by atoms with Crippen molar-refractivity contribution >= 4 is 0 Å². The molecule has 0 aromatic carbocycles. The molecule has 0 aromatic heterocycles. The Bertz CT molecular complexity index is 275. The predicted molar refractivity (Wildman–Crippen MR) is 89.5 cm³/mol. The van der Waals surface area contributed by atoms with Crippen molar-refractivity contribution in [1.82, 2.24) is 4.90 Å². The quantitative estimate of drug-likeness (QED) is 0.837. The predicted octanol–water partition coefficient (Wildman–Crippen LogP) is 3.08. The van der Waals surface area contributed by atoms with Gasteiger partial charge in [-0.05, 0) is 45.4 Å². The van der Waals surface area contributed by atoms with Gasteiger partial charge < -0.3 is 4.90 Å². The summed E-state index contributed by atoms with van der Waals surface area (Å²) < 4.78 is 0. The molecule has 2 aliphatic carbocycles. The maximum atomic E-state index is 2.83. The van der Waals surface area contributed by atoms with Crippen LogP contribution in [0, 0.1) is 11.8 Å². The highest BCUT2D eigenvalue weighted by atomic mass is 15.4. The summed E-state index contributed by atoms with van der Waals surface area (Å²) >= 11 is 0. The molecule has 0 spiro atoms. The first kappa shape index (κ1) is 15.8. The normalized spacial score (nSPS) is 37.1. The minimum atomic E-state index is 0.797. The molecule has 21 heavy (non-hydrogen) atoms. The van der Waals surface area contributed by atoms with E-state index >= 15 is 0 Å². The van der Waals surface area contributed by atoms with Gasteiger partial charge in [0.15, 0.2) is 0 Å². The third-order valence-electron chi connectivity index (χ3n) is 6.84. The zero-order chi connectivity index (χ0) is 14.7. The molecular weight excluding hydrogens is 256 g/mol. The standard InChI is InChI=1S/C19H36N2/c1-16-17(2)21(14-19-11-7-4-8-12-19)15-20(16)13-18-9-5-3-6-10-18/h16-19H,3-15H2,1-2H3/p+1. The van der Waals surface area contributed by atoms with E-state index in [-0.39, 0.29) is 0 Å². The molecule has 3 fully saturated rings. The Morgan fingerprint density at radius 3 is 2.00 bits per heavy atom. The Hall–Kier alpha value is -0.0800. The SMILES string of the molecule is CC1C(C)[NH+](CC2CCCCC2)CN1CC1CCCCC1. The third kappa shape index (κ3) is 4.01. The largest absolute Gasteiger partial charge is 0.319 e. The van der Waals surface area contributed by atoms with Crippen LogP contribution in [-0.2, 0) is 0 Å². The summed E-state index contributed by atoms with van der Waals surface area (Å²) in [5.41, 5.74) is 0. The van der Waals surface area contributed by atoms with Gasteiger partial charge in [-0.3, -0.25) is 0 Å². The van der Waals surface area contributed by atoms with E-state index in [1.807, 2.05) is 4.90 Å². The van der Waals surface area contributed by atoms with Crippen molar-refractivity contribution in [3.63, 3.8) is 0 Å². The maximum Gasteiger partial charge on any atom is 0.134 e. The minimum Gasteiger partial charge on any atom is -0.319 e. The minimum absolute atomic E-state index is 0.797. The van der Waals surface area contributed by atoms with Gasteiger partial charge in [0.25, 0.3) is 0 Å². The van der Waals surface area contributed by atoms with Gasteiger partial charge >= 0.3 is 0 Å². The van der Waals surface area contributed by atoms with Crippen LogP contribution in [0.15, 0.2) is 0 Å². The molecule has 0 aromatic rings. The average molecular weight is 294 g/mol. The Morgan fingerprint density at radius 2 is 1.38 bits per heavy atom. The molecule has 2 saturated carbocycles. The maximum absolute atomic E-state index is 2.83. The van der Waals surface area contributed by atoms with Crippen molar-refractivity contribution in [3.8, 4) is 0 Å². The van der Waals surface area contributed by atoms with Crippen molar-refractivity contribution in [1.29, 1.82) is 0 Å². The van der Waals surface area contributed by atoms with Crippen LogP contribution in [0.2, 0.25) is 0 Å². The van der Waals surface area contributed by atoms with Crippen LogP contribution >= 0.6 is 0 Å². The first-order valence-electron chi connectivity index (χ1n) is 9.82. The Labute approximate surface area is 132 Å².